The Kier molecular flexibility index (Phi) is 6.99. The number of pyridine rings is 1. The molecular formula is C19H14F9N3O2S. The Morgan fingerprint density at radius 1 is 1.06 bits per heavy atom. The van der Waals surface area contributed by atoms with Crippen molar-refractivity contribution in [3.8, 4) is 17.1 Å². The van der Waals surface area contributed by atoms with Gasteiger partial charge in [0.15, 0.2) is 5.65 Å². The summed E-state index contributed by atoms with van der Waals surface area (Å²) in [5.74, 6) is -0.134. The van der Waals surface area contributed by atoms with Crippen LogP contribution in [0.15, 0.2) is 35.4 Å². The Labute approximate surface area is 189 Å². The van der Waals surface area contributed by atoms with E-state index in [4.69, 9.17) is 0 Å². The number of hydrogen-bond acceptors (Lipinski definition) is 5. The van der Waals surface area contributed by atoms with Crippen LogP contribution in [0.5, 0.6) is 5.75 Å². The van der Waals surface area contributed by atoms with Gasteiger partial charge in [0, 0.05) is 23.7 Å². The molecule has 1 aromatic carbocycles. The van der Waals surface area contributed by atoms with E-state index >= 15 is 0 Å². The average Bonchev–Trinajstić information content (AvgIpc) is 3.02. The molecule has 0 N–H and O–H groups in total. The third-order valence-electron chi connectivity index (χ3n) is 4.29. The molecule has 0 aliphatic heterocycles. The van der Waals surface area contributed by atoms with Crippen molar-refractivity contribution in [2.24, 2.45) is 7.05 Å². The molecule has 0 bridgehead atoms. The number of fused-ring (bicyclic) bond motifs is 1. The van der Waals surface area contributed by atoms with Gasteiger partial charge in [0.1, 0.15) is 17.1 Å². The molecule has 15 heteroatoms. The molecule has 1 unspecified atom stereocenters. The number of rotatable bonds is 7. The molecular weight excluding hydrogens is 505 g/mol. The van der Waals surface area contributed by atoms with Crippen molar-refractivity contribution in [2.45, 2.75) is 36.8 Å². The Hall–Kier alpha value is -2.68. The van der Waals surface area contributed by atoms with Crippen LogP contribution in [0, 0.1) is 0 Å². The van der Waals surface area contributed by atoms with Gasteiger partial charge in [0.05, 0.1) is 5.56 Å². The van der Waals surface area contributed by atoms with Crippen LogP contribution in [0.3, 0.4) is 0 Å². The van der Waals surface area contributed by atoms with Crippen molar-refractivity contribution < 1.29 is 49.0 Å². The zero-order chi connectivity index (χ0) is 25.5. The predicted octanol–water partition coefficient (Wildman–Crippen LogP) is 6.57. The lowest BCUT2D eigenvalue weighted by Gasteiger charge is -2.22. The molecule has 1 atom stereocenters. The van der Waals surface area contributed by atoms with Gasteiger partial charge in [-0.05, 0) is 30.0 Å². The molecule has 0 spiro atoms. The van der Waals surface area contributed by atoms with Gasteiger partial charge in [-0.3, -0.25) is 0 Å². The number of aromatic nitrogens is 3. The SMILES string of the molecule is CCSc1cc(OC(F)(F)C(F)OC(F)(F)F)ccc1-c1nc2cc(C(F)(F)F)cnc2n1C. The molecule has 5 nitrogen and oxygen atoms in total. The van der Waals surface area contributed by atoms with Crippen molar-refractivity contribution in [3.63, 3.8) is 0 Å². The molecule has 0 aliphatic rings. The van der Waals surface area contributed by atoms with Gasteiger partial charge in [-0.25, -0.2) is 19.1 Å². The van der Waals surface area contributed by atoms with Gasteiger partial charge in [-0.1, -0.05) is 6.92 Å². The van der Waals surface area contributed by atoms with E-state index in [0.29, 0.717) is 17.5 Å². The van der Waals surface area contributed by atoms with E-state index in [9.17, 15) is 39.5 Å². The van der Waals surface area contributed by atoms with Crippen LogP contribution in [-0.2, 0) is 18.0 Å². The predicted molar refractivity (Wildman–Crippen MR) is 103 cm³/mol. The maximum Gasteiger partial charge on any atom is 0.525 e. The topological polar surface area (TPSA) is 49.2 Å². The summed E-state index contributed by atoms with van der Waals surface area (Å²) in [5.41, 5.74) is -0.677. The number of alkyl halides is 9. The molecule has 34 heavy (non-hydrogen) atoms. The summed E-state index contributed by atoms with van der Waals surface area (Å²) in [6.07, 6.45) is -18.7. The van der Waals surface area contributed by atoms with E-state index in [2.05, 4.69) is 19.4 Å². The minimum atomic E-state index is -5.65. The minimum Gasteiger partial charge on any atom is -0.428 e. The van der Waals surface area contributed by atoms with Gasteiger partial charge in [-0.15, -0.1) is 24.9 Å². The lowest BCUT2D eigenvalue weighted by atomic mass is 10.2. The Morgan fingerprint density at radius 3 is 2.32 bits per heavy atom. The van der Waals surface area contributed by atoms with Crippen LogP contribution in [-0.4, -0.2) is 39.1 Å². The fourth-order valence-corrected chi connectivity index (χ4v) is 3.71. The van der Waals surface area contributed by atoms with Gasteiger partial charge in [-0.2, -0.15) is 22.0 Å². The van der Waals surface area contributed by atoms with Crippen LogP contribution in [0.1, 0.15) is 12.5 Å². The molecule has 0 saturated heterocycles. The molecule has 0 amide bonds. The van der Waals surface area contributed by atoms with Crippen molar-refractivity contribution in [1.29, 1.82) is 0 Å². The molecule has 3 rings (SSSR count). The number of ether oxygens (including phenoxy) is 2. The Bertz CT molecular complexity index is 1180. The number of nitrogens with zero attached hydrogens (tertiary/aromatic N) is 3. The number of halogens is 9. The second kappa shape index (κ2) is 9.17. The normalized spacial score (nSPS) is 14.0. The van der Waals surface area contributed by atoms with Crippen LogP contribution in [0.25, 0.3) is 22.6 Å². The summed E-state index contributed by atoms with van der Waals surface area (Å²) in [6.45, 7) is 1.71. The van der Waals surface area contributed by atoms with Gasteiger partial charge < -0.3 is 9.30 Å². The average molecular weight is 519 g/mol. The second-order valence-corrected chi connectivity index (χ2v) is 8.00. The van der Waals surface area contributed by atoms with Gasteiger partial charge in [0.25, 0.3) is 0 Å². The molecule has 2 aromatic heterocycles. The highest BCUT2D eigenvalue weighted by molar-refractivity contribution is 7.99. The van der Waals surface area contributed by atoms with E-state index in [0.717, 1.165) is 30.0 Å². The second-order valence-electron chi connectivity index (χ2n) is 6.69. The highest BCUT2D eigenvalue weighted by Gasteiger charge is 2.50. The number of thioether (sulfide) groups is 1. The van der Waals surface area contributed by atoms with Crippen LogP contribution < -0.4 is 4.74 Å². The Balaban J connectivity index is 1.99. The third kappa shape index (κ3) is 5.68. The first-order valence-electron chi connectivity index (χ1n) is 9.24. The van der Waals surface area contributed by atoms with Crippen LogP contribution in [0.4, 0.5) is 39.5 Å². The van der Waals surface area contributed by atoms with E-state index in [1.54, 1.807) is 6.92 Å². The molecule has 2 heterocycles. The van der Waals surface area contributed by atoms with E-state index in [1.807, 2.05) is 0 Å². The monoisotopic (exact) mass is 519 g/mol. The summed E-state index contributed by atoms with van der Waals surface area (Å²) in [7, 11) is 1.48. The number of hydrogen-bond donors (Lipinski definition) is 0. The lowest BCUT2D eigenvalue weighted by molar-refractivity contribution is -0.411. The first kappa shape index (κ1) is 25.9. The Morgan fingerprint density at radius 2 is 1.74 bits per heavy atom. The third-order valence-corrected chi connectivity index (χ3v) is 5.22. The van der Waals surface area contributed by atoms with E-state index < -0.39 is 36.3 Å². The molecule has 0 radical (unpaired) electrons. The minimum absolute atomic E-state index is 0.0730. The smallest absolute Gasteiger partial charge is 0.428 e. The zero-order valence-electron chi connectivity index (χ0n) is 17.1. The molecule has 0 aliphatic carbocycles. The number of aryl methyl sites for hydroxylation is 1. The molecule has 0 saturated carbocycles. The lowest BCUT2D eigenvalue weighted by Crippen LogP contribution is -2.41. The van der Waals surface area contributed by atoms with Crippen molar-refractivity contribution in [1.82, 2.24) is 14.5 Å². The summed E-state index contributed by atoms with van der Waals surface area (Å²) in [4.78, 5) is 8.20. The van der Waals surface area contributed by atoms with Crippen molar-refractivity contribution in [2.75, 3.05) is 5.75 Å². The van der Waals surface area contributed by atoms with Gasteiger partial charge >= 0.3 is 25.0 Å². The fraction of sp³-hybridized carbons (Fsp3) is 0.368. The maximum atomic E-state index is 13.8. The van der Waals surface area contributed by atoms with E-state index in [-0.39, 0.29) is 21.9 Å². The first-order valence-corrected chi connectivity index (χ1v) is 10.2. The maximum absolute atomic E-state index is 13.8. The largest absolute Gasteiger partial charge is 0.525 e. The fourth-order valence-electron chi connectivity index (χ4n) is 2.89. The highest BCUT2D eigenvalue weighted by atomic mass is 32.2. The molecule has 186 valence electrons. The van der Waals surface area contributed by atoms with Crippen molar-refractivity contribution >= 4 is 22.9 Å². The summed E-state index contributed by atoms with van der Waals surface area (Å²) in [6, 6.07) is 3.97. The standard InChI is InChI=1S/C19H14F9N3O2S/c1-3-34-13-7-10(32-18(24,25)16(20)33-19(26,27)28)4-5-11(13)14-30-12-6-9(17(21,22)23)8-29-15(12)31(14)2/h4-8,16H,3H2,1-2H3. The highest BCUT2D eigenvalue weighted by Crippen LogP contribution is 2.38. The molecule has 3 aromatic rings. The summed E-state index contributed by atoms with van der Waals surface area (Å²) < 4.78 is 124. The van der Waals surface area contributed by atoms with Crippen LogP contribution >= 0.6 is 11.8 Å². The first-order chi connectivity index (χ1) is 15.6. The number of imidazole rings is 1. The number of benzene rings is 1. The summed E-state index contributed by atoms with van der Waals surface area (Å²) >= 11 is 1.10. The van der Waals surface area contributed by atoms with Gasteiger partial charge in [0.2, 0.25) is 0 Å². The summed E-state index contributed by atoms with van der Waals surface area (Å²) in [5, 5.41) is 0. The zero-order valence-corrected chi connectivity index (χ0v) is 18.0. The van der Waals surface area contributed by atoms with Crippen LogP contribution in [0.2, 0.25) is 0 Å². The van der Waals surface area contributed by atoms with Crippen molar-refractivity contribution in [3.05, 3.63) is 36.0 Å². The molecule has 0 fully saturated rings. The quantitative estimate of drug-likeness (QED) is 0.261. The van der Waals surface area contributed by atoms with E-state index in [1.165, 1.54) is 17.7 Å².